The molecule has 0 N–H and O–H groups in total. The van der Waals surface area contributed by atoms with E-state index in [2.05, 4.69) is 0 Å². The number of carbonyl (C=O) groups excluding carboxylic acids is 1. The van der Waals surface area contributed by atoms with Gasteiger partial charge in [-0.1, -0.05) is 24.3 Å². The number of halogens is 1. The maximum absolute atomic E-state index is 12.2. The molecule has 0 bridgehead atoms. The van der Waals surface area contributed by atoms with Gasteiger partial charge in [0.15, 0.2) is 0 Å². The van der Waals surface area contributed by atoms with E-state index < -0.39 is 20.9 Å². The second kappa shape index (κ2) is 6.12. The van der Waals surface area contributed by atoms with Crippen LogP contribution in [-0.4, -0.2) is 23.1 Å². The van der Waals surface area contributed by atoms with E-state index >= 15 is 0 Å². The summed E-state index contributed by atoms with van der Waals surface area (Å²) in [6.45, 7) is 0. The third-order valence-electron chi connectivity index (χ3n) is 2.72. The molecule has 2 aromatic rings. The molecule has 0 aliphatic heterocycles. The zero-order valence-electron chi connectivity index (χ0n) is 10.9. The molecule has 114 valence electrons. The van der Waals surface area contributed by atoms with E-state index in [1.54, 1.807) is 6.07 Å². The van der Waals surface area contributed by atoms with E-state index in [1.807, 2.05) is 0 Å². The molecule has 0 atom stereocenters. The molecule has 0 saturated heterocycles. The standard InChI is InChI=1S/C13H9ClN2O5S/c14-15(22(20,21)12-7-2-1-3-8-12)13(17)10-5-4-6-11(9-10)16(18)19/h1-9H. The van der Waals surface area contributed by atoms with Crippen molar-refractivity contribution in [3.8, 4) is 0 Å². The van der Waals surface area contributed by atoms with Crippen molar-refractivity contribution in [1.29, 1.82) is 0 Å². The number of nitro benzene ring substituents is 1. The minimum Gasteiger partial charge on any atom is -0.267 e. The first kappa shape index (κ1) is 15.9. The fraction of sp³-hybridized carbons (Fsp3) is 0. The summed E-state index contributed by atoms with van der Waals surface area (Å²) in [4.78, 5) is 22.0. The van der Waals surface area contributed by atoms with Crippen molar-refractivity contribution >= 4 is 33.4 Å². The quantitative estimate of drug-likeness (QED) is 0.484. The topological polar surface area (TPSA) is 97.6 Å². The third kappa shape index (κ3) is 3.07. The van der Waals surface area contributed by atoms with Crippen LogP contribution in [0.5, 0.6) is 0 Å². The van der Waals surface area contributed by atoms with Crippen molar-refractivity contribution in [3.05, 3.63) is 70.3 Å². The average Bonchev–Trinajstić information content (AvgIpc) is 2.54. The van der Waals surface area contributed by atoms with E-state index in [9.17, 15) is 23.3 Å². The zero-order valence-corrected chi connectivity index (χ0v) is 12.5. The molecule has 0 fully saturated rings. The SMILES string of the molecule is O=C(c1cccc([N+](=O)[O-])c1)N(Cl)S(=O)(=O)c1ccccc1. The van der Waals surface area contributed by atoms with Crippen LogP contribution in [0.4, 0.5) is 5.69 Å². The molecule has 0 aliphatic carbocycles. The summed E-state index contributed by atoms with van der Waals surface area (Å²) in [5.74, 6) is -1.07. The maximum atomic E-state index is 12.2. The van der Waals surface area contributed by atoms with Crippen LogP contribution in [0.2, 0.25) is 0 Å². The van der Waals surface area contributed by atoms with Gasteiger partial charge in [0.05, 0.1) is 9.82 Å². The largest absolute Gasteiger partial charge is 0.282 e. The highest BCUT2D eigenvalue weighted by Gasteiger charge is 2.29. The molecular weight excluding hydrogens is 332 g/mol. The van der Waals surface area contributed by atoms with Gasteiger partial charge in [-0.15, -0.1) is 3.82 Å². The Balaban J connectivity index is 2.37. The Morgan fingerprint density at radius 1 is 1.09 bits per heavy atom. The molecule has 2 rings (SSSR count). The number of non-ortho nitro benzene ring substituents is 1. The Hall–Kier alpha value is -2.45. The first-order chi connectivity index (χ1) is 10.3. The Labute approximate surface area is 131 Å². The van der Waals surface area contributed by atoms with Crippen LogP contribution >= 0.6 is 11.8 Å². The predicted molar refractivity (Wildman–Crippen MR) is 78.7 cm³/mol. The number of rotatable bonds is 4. The Bertz CT molecular complexity index is 823. The first-order valence-electron chi connectivity index (χ1n) is 5.89. The van der Waals surface area contributed by atoms with E-state index in [1.165, 1.54) is 42.5 Å². The number of carbonyl (C=O) groups is 1. The van der Waals surface area contributed by atoms with Gasteiger partial charge in [-0.3, -0.25) is 14.9 Å². The molecule has 0 saturated carbocycles. The maximum Gasteiger partial charge on any atom is 0.282 e. The second-order valence-electron chi connectivity index (χ2n) is 4.15. The molecule has 0 aliphatic rings. The lowest BCUT2D eigenvalue weighted by Gasteiger charge is -2.14. The Morgan fingerprint density at radius 3 is 2.32 bits per heavy atom. The predicted octanol–water partition coefficient (Wildman–Crippen LogP) is 2.58. The Kier molecular flexibility index (Phi) is 4.43. The summed E-state index contributed by atoms with van der Waals surface area (Å²) in [6.07, 6.45) is 0. The van der Waals surface area contributed by atoms with E-state index in [4.69, 9.17) is 11.8 Å². The van der Waals surface area contributed by atoms with E-state index in [0.717, 1.165) is 6.07 Å². The first-order valence-corrected chi connectivity index (χ1v) is 7.67. The van der Waals surface area contributed by atoms with Crippen molar-refractivity contribution in [1.82, 2.24) is 3.82 Å². The smallest absolute Gasteiger partial charge is 0.267 e. The molecule has 9 heteroatoms. The van der Waals surface area contributed by atoms with Gasteiger partial charge >= 0.3 is 0 Å². The van der Waals surface area contributed by atoms with Crippen molar-refractivity contribution in [3.63, 3.8) is 0 Å². The van der Waals surface area contributed by atoms with Gasteiger partial charge < -0.3 is 0 Å². The van der Waals surface area contributed by atoms with Crippen molar-refractivity contribution < 1.29 is 18.1 Å². The summed E-state index contributed by atoms with van der Waals surface area (Å²) >= 11 is 5.65. The molecule has 1 amide bonds. The van der Waals surface area contributed by atoms with Crippen molar-refractivity contribution in [2.45, 2.75) is 4.90 Å². The lowest BCUT2D eigenvalue weighted by atomic mass is 10.2. The van der Waals surface area contributed by atoms with Gasteiger partial charge in [-0.25, -0.2) is 0 Å². The summed E-state index contributed by atoms with van der Waals surface area (Å²) in [6, 6.07) is 11.8. The highest BCUT2D eigenvalue weighted by atomic mass is 35.5. The van der Waals surface area contributed by atoms with Crippen LogP contribution in [0.25, 0.3) is 0 Å². The number of nitro groups is 1. The summed E-state index contributed by atoms with van der Waals surface area (Å²) in [7, 11) is -4.24. The molecule has 0 heterocycles. The van der Waals surface area contributed by atoms with Crippen LogP contribution < -0.4 is 0 Å². The number of hydrogen-bond donors (Lipinski definition) is 0. The van der Waals surface area contributed by atoms with Gasteiger partial charge in [-0.2, -0.15) is 8.42 Å². The van der Waals surface area contributed by atoms with E-state index in [0.29, 0.717) is 0 Å². The molecule has 0 aromatic heterocycles. The summed E-state index contributed by atoms with van der Waals surface area (Å²) in [5, 5.41) is 10.7. The van der Waals surface area contributed by atoms with Crippen LogP contribution in [0.1, 0.15) is 10.4 Å². The molecule has 0 spiro atoms. The van der Waals surface area contributed by atoms with Gasteiger partial charge in [0.25, 0.3) is 21.6 Å². The van der Waals surface area contributed by atoms with E-state index in [-0.39, 0.29) is 20.0 Å². The van der Waals surface area contributed by atoms with Gasteiger partial charge in [0, 0.05) is 29.5 Å². The second-order valence-corrected chi connectivity index (χ2v) is 6.47. The van der Waals surface area contributed by atoms with Gasteiger partial charge in [0.1, 0.15) is 0 Å². The zero-order chi connectivity index (χ0) is 16.3. The number of amides is 1. The monoisotopic (exact) mass is 340 g/mol. The molecule has 0 radical (unpaired) electrons. The lowest BCUT2D eigenvalue weighted by Crippen LogP contribution is -2.28. The fourth-order valence-corrected chi connectivity index (χ4v) is 2.99. The summed E-state index contributed by atoms with van der Waals surface area (Å²) < 4.78 is 24.5. The lowest BCUT2D eigenvalue weighted by molar-refractivity contribution is -0.384. The van der Waals surface area contributed by atoms with Crippen LogP contribution in [0.15, 0.2) is 59.5 Å². The molecule has 2 aromatic carbocycles. The average molecular weight is 341 g/mol. The molecular formula is C13H9ClN2O5S. The van der Waals surface area contributed by atoms with Gasteiger partial charge in [-0.05, 0) is 18.2 Å². The molecule has 7 nitrogen and oxygen atoms in total. The highest BCUT2D eigenvalue weighted by Crippen LogP contribution is 2.22. The highest BCUT2D eigenvalue weighted by molar-refractivity contribution is 7.90. The fourth-order valence-electron chi connectivity index (χ4n) is 1.65. The third-order valence-corrected chi connectivity index (χ3v) is 4.87. The number of nitrogens with zero attached hydrogens (tertiary/aromatic N) is 2. The summed E-state index contributed by atoms with van der Waals surface area (Å²) in [5.41, 5.74) is -0.545. The Morgan fingerprint density at radius 2 is 1.73 bits per heavy atom. The number of hydrogen-bond acceptors (Lipinski definition) is 5. The normalized spacial score (nSPS) is 11.0. The van der Waals surface area contributed by atoms with Crippen LogP contribution in [-0.2, 0) is 10.0 Å². The van der Waals surface area contributed by atoms with Crippen LogP contribution in [0, 0.1) is 10.1 Å². The van der Waals surface area contributed by atoms with Crippen molar-refractivity contribution in [2.75, 3.05) is 0 Å². The number of sulfonamides is 1. The molecule has 0 unspecified atom stereocenters. The van der Waals surface area contributed by atoms with Crippen molar-refractivity contribution in [2.24, 2.45) is 0 Å². The number of benzene rings is 2. The van der Waals surface area contributed by atoms with Gasteiger partial charge in [0.2, 0.25) is 0 Å². The minimum absolute atomic E-state index is 0.0430. The minimum atomic E-state index is -4.24. The molecule has 22 heavy (non-hydrogen) atoms. The van der Waals surface area contributed by atoms with Crippen LogP contribution in [0.3, 0.4) is 0 Å².